The van der Waals surface area contributed by atoms with Gasteiger partial charge in [-0.3, -0.25) is 4.79 Å². The van der Waals surface area contributed by atoms with Crippen molar-refractivity contribution in [2.75, 3.05) is 6.61 Å². The van der Waals surface area contributed by atoms with Crippen molar-refractivity contribution in [2.24, 2.45) is 17.3 Å². The third kappa shape index (κ3) is 6.07. The van der Waals surface area contributed by atoms with Gasteiger partial charge in [-0.15, -0.1) is 0 Å². The molecule has 3 nitrogen and oxygen atoms in total. The van der Waals surface area contributed by atoms with Crippen molar-refractivity contribution in [3.05, 3.63) is 11.6 Å². The Morgan fingerprint density at radius 1 is 1.30 bits per heavy atom. The summed E-state index contributed by atoms with van der Waals surface area (Å²) in [5, 5.41) is 9.25. The number of allylic oxidation sites excluding steroid dienone is 2. The molecule has 0 aliphatic heterocycles. The fraction of sp³-hybridized carbons (Fsp3) is 0.842. The lowest BCUT2D eigenvalue weighted by Gasteiger charge is -2.39. The molecule has 4 heteroatoms. The van der Waals surface area contributed by atoms with Crippen LogP contribution in [0.5, 0.6) is 0 Å². The first-order valence-corrected chi connectivity index (χ1v) is 11.7. The summed E-state index contributed by atoms with van der Waals surface area (Å²) in [6.45, 7) is 18.8. The third-order valence-corrected chi connectivity index (χ3v) is 10.1. The van der Waals surface area contributed by atoms with Crippen LogP contribution in [0.2, 0.25) is 18.1 Å². The van der Waals surface area contributed by atoms with E-state index in [-0.39, 0.29) is 22.8 Å². The molecule has 0 saturated heterocycles. The first-order valence-electron chi connectivity index (χ1n) is 8.77. The third-order valence-electron chi connectivity index (χ3n) is 5.60. The van der Waals surface area contributed by atoms with E-state index in [4.69, 9.17) is 9.53 Å². The van der Waals surface area contributed by atoms with E-state index in [1.807, 2.05) is 0 Å². The highest BCUT2D eigenvalue weighted by atomic mass is 28.4. The topological polar surface area (TPSA) is 46.5 Å². The van der Waals surface area contributed by atoms with Gasteiger partial charge < -0.3 is 9.53 Å². The summed E-state index contributed by atoms with van der Waals surface area (Å²) < 4.78 is 6.41. The molecule has 0 saturated carbocycles. The molecule has 1 rings (SSSR count). The average molecular weight is 341 g/mol. The lowest BCUT2D eigenvalue weighted by atomic mass is 9.82. The highest BCUT2D eigenvalue weighted by molar-refractivity contribution is 6.74. The van der Waals surface area contributed by atoms with Crippen molar-refractivity contribution in [1.82, 2.24) is 0 Å². The summed E-state index contributed by atoms with van der Waals surface area (Å²) in [4.78, 5) is 11.0. The Morgan fingerprint density at radius 3 is 2.35 bits per heavy atom. The minimum atomic E-state index is -1.71. The van der Waals surface area contributed by atoms with Crippen LogP contribution in [0.25, 0.3) is 0 Å². The van der Waals surface area contributed by atoms with Crippen LogP contribution in [-0.4, -0.2) is 26.0 Å². The second kappa shape index (κ2) is 7.10. The first kappa shape index (κ1) is 20.4. The van der Waals surface area contributed by atoms with Gasteiger partial charge in [0.2, 0.25) is 0 Å². The van der Waals surface area contributed by atoms with Crippen LogP contribution in [0.4, 0.5) is 0 Å². The van der Waals surface area contributed by atoms with Crippen LogP contribution in [0.15, 0.2) is 11.6 Å². The summed E-state index contributed by atoms with van der Waals surface area (Å²) in [5.74, 6) is 0.0101. The highest BCUT2D eigenvalue weighted by Crippen LogP contribution is 2.41. The van der Waals surface area contributed by atoms with E-state index >= 15 is 0 Å². The molecular formula is C19H36O3Si. The molecule has 134 valence electrons. The van der Waals surface area contributed by atoms with Crippen LogP contribution in [0.3, 0.4) is 0 Å². The number of hydrogen-bond donors (Lipinski definition) is 1. The van der Waals surface area contributed by atoms with Crippen LogP contribution in [0.1, 0.15) is 60.8 Å². The fourth-order valence-corrected chi connectivity index (χ4v) is 4.27. The molecule has 0 spiro atoms. The monoisotopic (exact) mass is 340 g/mol. The van der Waals surface area contributed by atoms with Gasteiger partial charge in [-0.1, -0.05) is 46.3 Å². The van der Waals surface area contributed by atoms with Crippen LogP contribution < -0.4 is 0 Å². The van der Waals surface area contributed by atoms with Crippen LogP contribution in [0, 0.1) is 17.3 Å². The first-order chi connectivity index (χ1) is 10.2. The largest absolute Gasteiger partial charge is 0.481 e. The summed E-state index contributed by atoms with van der Waals surface area (Å²) in [5.41, 5.74) is 1.37. The smallest absolute Gasteiger partial charge is 0.303 e. The van der Waals surface area contributed by atoms with E-state index in [0.717, 1.165) is 19.4 Å². The molecule has 2 atom stereocenters. The quantitative estimate of drug-likeness (QED) is 0.493. The molecule has 1 N–H and O–H groups in total. The van der Waals surface area contributed by atoms with Crippen molar-refractivity contribution in [1.29, 1.82) is 0 Å². The summed E-state index contributed by atoms with van der Waals surface area (Å²) in [6, 6.07) is 0. The fourth-order valence-electron chi connectivity index (χ4n) is 3.09. The molecule has 0 fully saturated rings. The summed E-state index contributed by atoms with van der Waals surface area (Å²) in [7, 11) is -1.71. The Balaban J connectivity index is 2.58. The van der Waals surface area contributed by atoms with Gasteiger partial charge in [0.05, 0.1) is 6.42 Å². The SMILES string of the molecule is CC1=C[C@@H](CC(C)(C)CO[Si](C)(C)C(C)(C)C)C[C@@H]1CC(=O)O. The van der Waals surface area contributed by atoms with E-state index in [2.05, 4.69) is 60.7 Å². The Labute approximate surface area is 143 Å². The van der Waals surface area contributed by atoms with Gasteiger partial charge >= 0.3 is 5.97 Å². The molecule has 0 radical (unpaired) electrons. The van der Waals surface area contributed by atoms with Gasteiger partial charge in [-0.05, 0) is 55.1 Å². The van der Waals surface area contributed by atoms with Crippen molar-refractivity contribution >= 4 is 14.3 Å². The lowest BCUT2D eigenvalue weighted by Crippen LogP contribution is -2.43. The number of carboxylic acid groups (broad SMARTS) is 1. The molecule has 0 aromatic carbocycles. The lowest BCUT2D eigenvalue weighted by molar-refractivity contribution is -0.137. The maximum Gasteiger partial charge on any atom is 0.303 e. The normalized spacial score (nSPS) is 23.0. The van der Waals surface area contributed by atoms with Crippen LogP contribution in [-0.2, 0) is 9.22 Å². The van der Waals surface area contributed by atoms with E-state index in [9.17, 15) is 4.79 Å². The van der Waals surface area contributed by atoms with E-state index in [1.165, 1.54) is 5.57 Å². The zero-order chi connectivity index (χ0) is 18.1. The molecule has 23 heavy (non-hydrogen) atoms. The van der Waals surface area contributed by atoms with Gasteiger partial charge in [0.1, 0.15) is 0 Å². The molecule has 0 unspecified atom stereocenters. The average Bonchev–Trinajstić information content (AvgIpc) is 2.64. The molecule has 1 aliphatic rings. The predicted molar refractivity (Wildman–Crippen MR) is 99.2 cm³/mol. The minimum absolute atomic E-state index is 0.120. The number of hydrogen-bond acceptors (Lipinski definition) is 2. The number of carboxylic acids is 1. The standard InChI is InChI=1S/C19H36O3Si/c1-14-9-15(10-16(14)11-17(20)21)12-19(5,6)13-22-23(7,8)18(2,3)4/h9,15-16H,10-13H2,1-8H3,(H,20,21)/t15-,16-/m1/s1. The van der Waals surface area contributed by atoms with E-state index < -0.39 is 14.3 Å². The second-order valence-corrected chi connectivity index (χ2v) is 14.4. The highest BCUT2D eigenvalue weighted by Gasteiger charge is 2.39. The zero-order valence-electron chi connectivity index (χ0n) is 16.3. The van der Waals surface area contributed by atoms with Crippen molar-refractivity contribution < 1.29 is 14.3 Å². The van der Waals surface area contributed by atoms with E-state index in [0.29, 0.717) is 5.92 Å². The minimum Gasteiger partial charge on any atom is -0.481 e. The molecular weight excluding hydrogens is 304 g/mol. The number of aliphatic carboxylic acids is 1. The molecule has 0 bridgehead atoms. The van der Waals surface area contributed by atoms with E-state index in [1.54, 1.807) is 0 Å². The van der Waals surface area contributed by atoms with Crippen LogP contribution >= 0.6 is 0 Å². The summed E-state index contributed by atoms with van der Waals surface area (Å²) in [6.07, 6.45) is 4.60. The Hall–Kier alpha value is -0.613. The predicted octanol–water partition coefficient (Wildman–Crippen LogP) is 5.48. The maximum absolute atomic E-state index is 11.0. The number of rotatable bonds is 7. The Bertz CT molecular complexity index is 458. The Kier molecular flexibility index (Phi) is 6.31. The summed E-state index contributed by atoms with van der Waals surface area (Å²) >= 11 is 0. The number of carbonyl (C=O) groups is 1. The van der Waals surface area contributed by atoms with Crippen molar-refractivity contribution in [3.8, 4) is 0 Å². The zero-order valence-corrected chi connectivity index (χ0v) is 17.3. The molecule has 0 amide bonds. The second-order valence-electron chi connectivity index (χ2n) is 9.62. The van der Waals surface area contributed by atoms with Gasteiger partial charge in [-0.25, -0.2) is 0 Å². The molecule has 1 aliphatic carbocycles. The van der Waals surface area contributed by atoms with Gasteiger partial charge in [-0.2, -0.15) is 0 Å². The molecule has 0 heterocycles. The maximum atomic E-state index is 11.0. The van der Waals surface area contributed by atoms with Crippen molar-refractivity contribution in [2.45, 2.75) is 78.9 Å². The van der Waals surface area contributed by atoms with Gasteiger partial charge in [0.25, 0.3) is 0 Å². The van der Waals surface area contributed by atoms with Gasteiger partial charge in [0.15, 0.2) is 8.32 Å². The molecule has 0 aromatic heterocycles. The van der Waals surface area contributed by atoms with Crippen molar-refractivity contribution in [3.63, 3.8) is 0 Å². The van der Waals surface area contributed by atoms with Gasteiger partial charge in [0, 0.05) is 6.61 Å². The molecule has 0 aromatic rings. The Morgan fingerprint density at radius 2 is 1.87 bits per heavy atom.